The molecule has 0 fully saturated rings. The van der Waals surface area contributed by atoms with Crippen LogP contribution in [0.4, 0.5) is 5.69 Å². The number of benzene rings is 1. The number of pyridine rings is 1. The van der Waals surface area contributed by atoms with Crippen molar-refractivity contribution in [3.8, 4) is 6.07 Å². The molecule has 1 amide bonds. The Morgan fingerprint density at radius 3 is 2.77 bits per heavy atom. The van der Waals surface area contributed by atoms with Gasteiger partial charge in [-0.1, -0.05) is 36.7 Å². The smallest absolute Gasteiger partial charge is 0.339 e. The lowest BCUT2D eigenvalue weighted by Gasteiger charge is -2.11. The van der Waals surface area contributed by atoms with E-state index in [1.165, 1.54) is 12.1 Å². The first-order valence-electron chi connectivity index (χ1n) is 9.68. The topological polar surface area (TPSA) is 101 Å². The molecule has 31 heavy (non-hydrogen) atoms. The zero-order chi connectivity index (χ0) is 22.8. The maximum Gasteiger partial charge on any atom is 0.339 e. The minimum atomic E-state index is -0.530. The lowest BCUT2D eigenvalue weighted by atomic mass is 10.1. The number of anilines is 1. The van der Waals surface area contributed by atoms with Gasteiger partial charge in [-0.3, -0.25) is 4.79 Å². The summed E-state index contributed by atoms with van der Waals surface area (Å²) in [5, 5.41) is 12.9. The number of methoxy groups -OCH3 is 1. The number of thioether (sulfide) groups is 1. The normalized spacial score (nSPS) is 10.4. The Kier molecular flexibility index (Phi) is 9.79. The van der Waals surface area contributed by atoms with Crippen LogP contribution in [-0.2, 0) is 20.9 Å². The zero-order valence-corrected chi connectivity index (χ0v) is 19.2. The molecule has 0 unspecified atom stereocenters. The van der Waals surface area contributed by atoms with Crippen LogP contribution >= 0.6 is 23.4 Å². The van der Waals surface area contributed by atoms with Crippen molar-refractivity contribution in [2.75, 3.05) is 24.8 Å². The first kappa shape index (κ1) is 24.7. The molecule has 0 aliphatic carbocycles. The van der Waals surface area contributed by atoms with Crippen LogP contribution in [-0.4, -0.2) is 36.3 Å². The number of halogens is 1. The van der Waals surface area contributed by atoms with E-state index in [9.17, 15) is 14.9 Å². The second kappa shape index (κ2) is 12.3. The summed E-state index contributed by atoms with van der Waals surface area (Å²) in [5.74, 6) is -0.800. The third kappa shape index (κ3) is 7.24. The summed E-state index contributed by atoms with van der Waals surface area (Å²) in [5.41, 5.74) is 2.48. The number of nitrogens with zero attached hydrogens (tertiary/aromatic N) is 2. The third-order valence-electron chi connectivity index (χ3n) is 4.15. The van der Waals surface area contributed by atoms with Crippen LogP contribution in [0.1, 0.15) is 46.9 Å². The maximum atomic E-state index is 12.4. The molecule has 0 radical (unpaired) electrons. The number of nitrogens with one attached hydrogen (secondary N) is 1. The fourth-order valence-electron chi connectivity index (χ4n) is 2.68. The molecular weight excluding hydrogens is 438 g/mol. The number of hydrogen-bond acceptors (Lipinski definition) is 7. The van der Waals surface area contributed by atoms with Gasteiger partial charge in [-0.05, 0) is 43.2 Å². The van der Waals surface area contributed by atoms with Crippen LogP contribution in [0.25, 0.3) is 0 Å². The summed E-state index contributed by atoms with van der Waals surface area (Å²) in [6.07, 6.45) is 1.67. The monoisotopic (exact) mass is 461 g/mol. The highest BCUT2D eigenvalue weighted by Crippen LogP contribution is 2.26. The van der Waals surface area contributed by atoms with Crippen molar-refractivity contribution >= 4 is 40.9 Å². The number of carbonyl (C=O) groups excluding carboxylic acids is 2. The molecule has 2 aromatic rings. The number of unbranched alkanes of at least 4 members (excludes halogenated alkanes) is 1. The Hall–Kier alpha value is -2.60. The van der Waals surface area contributed by atoms with E-state index in [0.29, 0.717) is 22.9 Å². The third-order valence-corrected chi connectivity index (χ3v) is 5.45. The Labute approximate surface area is 191 Å². The molecule has 0 aliphatic rings. The number of aromatic nitrogens is 1. The van der Waals surface area contributed by atoms with E-state index in [-0.39, 0.29) is 28.9 Å². The summed E-state index contributed by atoms with van der Waals surface area (Å²) in [4.78, 5) is 29.0. The Morgan fingerprint density at radius 2 is 2.10 bits per heavy atom. The van der Waals surface area contributed by atoms with Gasteiger partial charge >= 0.3 is 5.97 Å². The molecule has 0 saturated carbocycles. The van der Waals surface area contributed by atoms with Crippen molar-refractivity contribution in [2.24, 2.45) is 0 Å². The number of carbonyl (C=O) groups is 2. The average molecular weight is 462 g/mol. The lowest BCUT2D eigenvalue weighted by Crippen LogP contribution is -2.15. The molecule has 1 aromatic carbocycles. The number of amides is 1. The number of aryl methyl sites for hydroxylation is 1. The summed E-state index contributed by atoms with van der Waals surface area (Å²) < 4.78 is 10.3. The van der Waals surface area contributed by atoms with Gasteiger partial charge in [0.25, 0.3) is 0 Å². The minimum absolute atomic E-state index is 0.0382. The molecule has 7 nitrogen and oxygen atoms in total. The average Bonchev–Trinajstić information content (AvgIpc) is 2.73. The second-order valence-corrected chi connectivity index (χ2v) is 8.04. The Morgan fingerprint density at radius 1 is 1.32 bits per heavy atom. The van der Waals surface area contributed by atoms with Gasteiger partial charge in [-0.2, -0.15) is 5.26 Å². The standard InChI is InChI=1S/C22H24ClN3O4S/c1-4-5-8-30-22(28)17-10-16(6-7-19(17)23)26-20(27)13-31-21-18(11-24)15(12-29-3)9-14(2)25-21/h6-7,9-10H,4-5,8,12-13H2,1-3H3,(H,26,27). The zero-order valence-electron chi connectivity index (χ0n) is 17.7. The fraction of sp³-hybridized carbons (Fsp3) is 0.364. The van der Waals surface area contributed by atoms with Gasteiger partial charge in [0.05, 0.1) is 35.1 Å². The van der Waals surface area contributed by atoms with Crippen LogP contribution in [0.5, 0.6) is 0 Å². The van der Waals surface area contributed by atoms with E-state index < -0.39 is 5.97 Å². The quantitative estimate of drug-likeness (QED) is 0.309. The minimum Gasteiger partial charge on any atom is -0.462 e. The highest BCUT2D eigenvalue weighted by Gasteiger charge is 2.16. The Bertz CT molecular complexity index is 991. The molecule has 2 rings (SSSR count). The van der Waals surface area contributed by atoms with Crippen molar-refractivity contribution < 1.29 is 19.1 Å². The molecular formula is C22H24ClN3O4S. The van der Waals surface area contributed by atoms with Gasteiger partial charge in [-0.25, -0.2) is 9.78 Å². The van der Waals surface area contributed by atoms with Crippen LogP contribution in [0.2, 0.25) is 5.02 Å². The van der Waals surface area contributed by atoms with E-state index in [2.05, 4.69) is 16.4 Å². The van der Waals surface area contributed by atoms with Crippen molar-refractivity contribution in [1.29, 1.82) is 5.26 Å². The molecule has 0 saturated heterocycles. The van der Waals surface area contributed by atoms with Crippen molar-refractivity contribution in [1.82, 2.24) is 4.98 Å². The molecule has 0 atom stereocenters. The van der Waals surface area contributed by atoms with Gasteiger partial charge in [0.15, 0.2) is 0 Å². The number of nitriles is 1. The summed E-state index contributed by atoms with van der Waals surface area (Å²) >= 11 is 7.27. The molecule has 164 valence electrons. The van der Waals surface area contributed by atoms with Gasteiger partial charge < -0.3 is 14.8 Å². The number of hydrogen-bond donors (Lipinski definition) is 1. The van der Waals surface area contributed by atoms with E-state index in [1.807, 2.05) is 13.8 Å². The van der Waals surface area contributed by atoms with Gasteiger partial charge in [0.1, 0.15) is 11.1 Å². The highest BCUT2D eigenvalue weighted by atomic mass is 35.5. The Balaban J connectivity index is 2.06. The maximum absolute atomic E-state index is 12.4. The highest BCUT2D eigenvalue weighted by molar-refractivity contribution is 8.00. The van der Waals surface area contributed by atoms with Gasteiger partial charge in [0, 0.05) is 18.5 Å². The van der Waals surface area contributed by atoms with E-state index >= 15 is 0 Å². The summed E-state index contributed by atoms with van der Waals surface area (Å²) in [7, 11) is 1.55. The van der Waals surface area contributed by atoms with Crippen molar-refractivity contribution in [2.45, 2.75) is 38.3 Å². The molecule has 9 heteroatoms. The van der Waals surface area contributed by atoms with Gasteiger partial charge in [-0.15, -0.1) is 0 Å². The predicted octanol–water partition coefficient (Wildman–Crippen LogP) is 4.75. The first-order valence-corrected chi connectivity index (χ1v) is 11.0. The van der Waals surface area contributed by atoms with Gasteiger partial charge in [0.2, 0.25) is 5.91 Å². The molecule has 0 bridgehead atoms. The van der Waals surface area contributed by atoms with Crippen LogP contribution in [0, 0.1) is 18.3 Å². The van der Waals surface area contributed by atoms with E-state index in [4.69, 9.17) is 21.1 Å². The summed E-state index contributed by atoms with van der Waals surface area (Å²) in [6, 6.07) is 8.56. The van der Waals surface area contributed by atoms with Crippen molar-refractivity contribution in [3.05, 3.63) is 51.7 Å². The second-order valence-electron chi connectivity index (χ2n) is 6.67. The number of ether oxygens (including phenoxy) is 2. The summed E-state index contributed by atoms with van der Waals surface area (Å²) in [6.45, 7) is 4.42. The lowest BCUT2D eigenvalue weighted by molar-refractivity contribution is -0.113. The van der Waals surface area contributed by atoms with E-state index in [0.717, 1.165) is 35.9 Å². The SMILES string of the molecule is CCCCOC(=O)c1cc(NC(=O)CSc2nc(C)cc(COC)c2C#N)ccc1Cl. The molecule has 1 N–H and O–H groups in total. The number of rotatable bonds is 10. The first-order chi connectivity index (χ1) is 14.9. The molecule has 1 aromatic heterocycles. The predicted molar refractivity (Wildman–Crippen MR) is 120 cm³/mol. The van der Waals surface area contributed by atoms with Crippen LogP contribution in [0.15, 0.2) is 29.3 Å². The fourth-order valence-corrected chi connectivity index (χ4v) is 3.75. The molecule has 1 heterocycles. The largest absolute Gasteiger partial charge is 0.462 e. The molecule has 0 spiro atoms. The molecule has 0 aliphatic heterocycles. The van der Waals surface area contributed by atoms with E-state index in [1.54, 1.807) is 19.2 Å². The number of esters is 1. The van der Waals surface area contributed by atoms with Crippen LogP contribution < -0.4 is 5.32 Å². The van der Waals surface area contributed by atoms with Crippen LogP contribution in [0.3, 0.4) is 0 Å². The van der Waals surface area contributed by atoms with Crippen molar-refractivity contribution in [3.63, 3.8) is 0 Å².